The molecule has 19 heavy (non-hydrogen) atoms. The molecule has 3 nitrogen and oxygen atoms in total. The van der Waals surface area contributed by atoms with Crippen LogP contribution in [0.2, 0.25) is 5.02 Å². The number of nitrogens with one attached hydrogen (secondary N) is 1. The molecule has 2 unspecified atom stereocenters. The van der Waals surface area contributed by atoms with Crippen molar-refractivity contribution in [1.29, 1.82) is 0 Å². The Labute approximate surface area is 119 Å². The molecule has 1 aliphatic carbocycles. The van der Waals surface area contributed by atoms with E-state index in [0.29, 0.717) is 12.1 Å². The molecule has 3 rings (SSSR count). The largest absolute Gasteiger partial charge is 0.374 e. The van der Waals surface area contributed by atoms with Gasteiger partial charge in [-0.25, -0.2) is 0 Å². The molecule has 1 N–H and O–H groups in total. The van der Waals surface area contributed by atoms with Gasteiger partial charge in [0.2, 0.25) is 0 Å². The highest BCUT2D eigenvalue weighted by Crippen LogP contribution is 2.36. The molecule has 2 aliphatic rings. The topological polar surface area (TPSA) is 24.5 Å². The van der Waals surface area contributed by atoms with Crippen molar-refractivity contribution in [3.05, 3.63) is 34.3 Å². The first kappa shape index (κ1) is 13.4. The highest BCUT2D eigenvalue weighted by molar-refractivity contribution is 6.30. The average molecular weight is 281 g/mol. The molecule has 4 heteroatoms. The number of nitrogens with zero attached hydrogens (tertiary/aromatic N) is 1. The van der Waals surface area contributed by atoms with Gasteiger partial charge in [0.05, 0.1) is 12.7 Å². The zero-order chi connectivity index (χ0) is 13.2. The summed E-state index contributed by atoms with van der Waals surface area (Å²) >= 11 is 6.06. The fourth-order valence-electron chi connectivity index (χ4n) is 3.21. The molecule has 0 saturated carbocycles. The number of fused-ring (bicyclic) bond motifs is 1. The molecule has 0 bridgehead atoms. The monoisotopic (exact) mass is 280 g/mol. The van der Waals surface area contributed by atoms with Crippen LogP contribution in [0.15, 0.2) is 18.2 Å². The second-order valence-electron chi connectivity index (χ2n) is 5.53. The standard InChI is InChI=1S/C15H21ClN2O/c1-18(10-13-9-17-6-7-19-13)15-5-2-11-8-12(16)3-4-14(11)15/h3-4,8,13,15,17H,2,5-7,9-10H2,1H3. The van der Waals surface area contributed by atoms with Gasteiger partial charge >= 0.3 is 0 Å². The molecule has 0 radical (unpaired) electrons. The number of hydrogen-bond donors (Lipinski definition) is 1. The van der Waals surface area contributed by atoms with E-state index in [1.165, 1.54) is 17.5 Å². The number of ether oxygens (including phenoxy) is 1. The Balaban J connectivity index is 1.67. The van der Waals surface area contributed by atoms with Crippen molar-refractivity contribution in [2.75, 3.05) is 33.3 Å². The van der Waals surface area contributed by atoms with Crippen LogP contribution >= 0.6 is 11.6 Å². The van der Waals surface area contributed by atoms with Gasteiger partial charge in [0.25, 0.3) is 0 Å². The lowest BCUT2D eigenvalue weighted by Crippen LogP contribution is -2.44. The Morgan fingerprint density at radius 2 is 2.37 bits per heavy atom. The van der Waals surface area contributed by atoms with Gasteiger partial charge in [-0.15, -0.1) is 0 Å². The maximum Gasteiger partial charge on any atom is 0.0826 e. The van der Waals surface area contributed by atoms with Crippen molar-refractivity contribution in [1.82, 2.24) is 10.2 Å². The van der Waals surface area contributed by atoms with Crippen LogP contribution < -0.4 is 5.32 Å². The number of aryl methyl sites for hydroxylation is 1. The maximum atomic E-state index is 6.06. The minimum absolute atomic E-state index is 0.315. The number of benzene rings is 1. The van der Waals surface area contributed by atoms with Crippen molar-refractivity contribution in [2.45, 2.75) is 25.0 Å². The van der Waals surface area contributed by atoms with Crippen LogP contribution in [0.3, 0.4) is 0 Å². The summed E-state index contributed by atoms with van der Waals surface area (Å²) in [7, 11) is 2.20. The van der Waals surface area contributed by atoms with E-state index < -0.39 is 0 Å². The third-order valence-electron chi connectivity index (χ3n) is 4.18. The van der Waals surface area contributed by atoms with Crippen molar-refractivity contribution in [3.63, 3.8) is 0 Å². The average Bonchev–Trinajstić information content (AvgIpc) is 2.82. The molecule has 1 aliphatic heterocycles. The Morgan fingerprint density at radius 3 is 3.16 bits per heavy atom. The van der Waals surface area contributed by atoms with Crippen molar-refractivity contribution >= 4 is 11.6 Å². The highest BCUT2D eigenvalue weighted by atomic mass is 35.5. The molecule has 1 heterocycles. The summed E-state index contributed by atoms with van der Waals surface area (Å²) < 4.78 is 5.79. The molecule has 1 aromatic carbocycles. The first-order chi connectivity index (χ1) is 9.24. The molecule has 2 atom stereocenters. The van der Waals surface area contributed by atoms with Crippen molar-refractivity contribution < 1.29 is 4.74 Å². The van der Waals surface area contributed by atoms with E-state index in [1.807, 2.05) is 6.07 Å². The first-order valence-electron chi connectivity index (χ1n) is 7.05. The van der Waals surface area contributed by atoms with Gasteiger partial charge in [-0.2, -0.15) is 0 Å². The zero-order valence-electron chi connectivity index (χ0n) is 11.4. The maximum absolute atomic E-state index is 6.06. The van der Waals surface area contributed by atoms with Crippen LogP contribution in [0.25, 0.3) is 0 Å². The lowest BCUT2D eigenvalue weighted by Gasteiger charge is -2.31. The molecular weight excluding hydrogens is 260 g/mol. The van der Waals surface area contributed by atoms with Crippen molar-refractivity contribution in [3.8, 4) is 0 Å². The van der Waals surface area contributed by atoms with Gasteiger partial charge in [0.1, 0.15) is 0 Å². The van der Waals surface area contributed by atoms with Crippen LogP contribution in [0.1, 0.15) is 23.6 Å². The summed E-state index contributed by atoms with van der Waals surface area (Å²) in [5, 5.41) is 4.24. The minimum Gasteiger partial charge on any atom is -0.374 e. The van der Waals surface area contributed by atoms with Gasteiger partial charge < -0.3 is 10.1 Å². The molecule has 104 valence electrons. The van der Waals surface area contributed by atoms with E-state index in [4.69, 9.17) is 16.3 Å². The predicted octanol–water partition coefficient (Wildman–Crippen LogP) is 2.25. The molecule has 0 amide bonds. The Bertz CT molecular complexity index is 446. The lowest BCUT2D eigenvalue weighted by atomic mass is 10.1. The lowest BCUT2D eigenvalue weighted by molar-refractivity contribution is 0.00271. The van der Waals surface area contributed by atoms with Gasteiger partial charge in [0.15, 0.2) is 0 Å². The number of morpholine rings is 1. The second-order valence-corrected chi connectivity index (χ2v) is 5.97. The number of hydrogen-bond acceptors (Lipinski definition) is 3. The summed E-state index contributed by atoms with van der Waals surface area (Å²) in [5.41, 5.74) is 2.85. The van der Waals surface area contributed by atoms with E-state index >= 15 is 0 Å². The van der Waals surface area contributed by atoms with Crippen LogP contribution in [-0.2, 0) is 11.2 Å². The van der Waals surface area contributed by atoms with Crippen LogP contribution in [-0.4, -0.2) is 44.3 Å². The van der Waals surface area contributed by atoms with Crippen LogP contribution in [0.5, 0.6) is 0 Å². The quantitative estimate of drug-likeness (QED) is 0.919. The number of likely N-dealkylation sites (N-methyl/N-ethyl adjacent to an activating group) is 1. The first-order valence-corrected chi connectivity index (χ1v) is 7.43. The predicted molar refractivity (Wildman–Crippen MR) is 77.8 cm³/mol. The Morgan fingerprint density at radius 1 is 1.47 bits per heavy atom. The van der Waals surface area contributed by atoms with Gasteiger partial charge in [0, 0.05) is 30.7 Å². The summed E-state index contributed by atoms with van der Waals surface area (Å²) in [6.07, 6.45) is 2.64. The summed E-state index contributed by atoms with van der Waals surface area (Å²) in [4.78, 5) is 2.43. The Kier molecular flexibility index (Phi) is 4.08. The minimum atomic E-state index is 0.315. The van der Waals surface area contributed by atoms with Gasteiger partial charge in [-0.05, 0) is 43.1 Å². The van der Waals surface area contributed by atoms with E-state index in [-0.39, 0.29) is 0 Å². The smallest absolute Gasteiger partial charge is 0.0826 e. The van der Waals surface area contributed by atoms with Crippen molar-refractivity contribution in [2.24, 2.45) is 0 Å². The van der Waals surface area contributed by atoms with Crippen LogP contribution in [0.4, 0.5) is 0 Å². The SMILES string of the molecule is CN(CC1CNCCO1)C1CCc2cc(Cl)ccc21. The second kappa shape index (κ2) is 5.80. The van der Waals surface area contributed by atoms with E-state index in [9.17, 15) is 0 Å². The summed E-state index contributed by atoms with van der Waals surface area (Å²) in [6, 6.07) is 6.82. The third-order valence-corrected chi connectivity index (χ3v) is 4.41. The summed E-state index contributed by atoms with van der Waals surface area (Å²) in [6.45, 7) is 3.75. The van der Waals surface area contributed by atoms with E-state index in [1.54, 1.807) is 0 Å². The molecule has 1 fully saturated rings. The number of halogens is 1. The van der Waals surface area contributed by atoms with Crippen LogP contribution in [0, 0.1) is 0 Å². The highest BCUT2D eigenvalue weighted by Gasteiger charge is 2.27. The zero-order valence-corrected chi connectivity index (χ0v) is 12.1. The summed E-state index contributed by atoms with van der Waals surface area (Å²) in [5.74, 6) is 0. The molecule has 0 aromatic heterocycles. The molecular formula is C15H21ClN2O. The van der Waals surface area contributed by atoms with Gasteiger partial charge in [-0.1, -0.05) is 17.7 Å². The Hall–Kier alpha value is -0.610. The molecule has 1 aromatic rings. The third kappa shape index (κ3) is 2.95. The van der Waals surface area contributed by atoms with Gasteiger partial charge in [-0.3, -0.25) is 4.90 Å². The fraction of sp³-hybridized carbons (Fsp3) is 0.600. The van der Waals surface area contributed by atoms with E-state index in [2.05, 4.69) is 29.4 Å². The fourth-order valence-corrected chi connectivity index (χ4v) is 3.40. The molecule has 0 spiro atoms. The number of rotatable bonds is 3. The molecule has 1 saturated heterocycles. The van der Waals surface area contributed by atoms with E-state index in [0.717, 1.165) is 37.7 Å². The normalized spacial score (nSPS) is 26.7.